The molecule has 3 aromatic rings. The molecule has 182 valence electrons. The summed E-state index contributed by atoms with van der Waals surface area (Å²) in [5.74, 6) is 0.274. The fourth-order valence-electron chi connectivity index (χ4n) is 3.26. The van der Waals surface area contributed by atoms with Gasteiger partial charge in [0.2, 0.25) is 15.8 Å². The summed E-state index contributed by atoms with van der Waals surface area (Å²) in [5, 5.41) is 9.20. The van der Waals surface area contributed by atoms with Gasteiger partial charge < -0.3 is 0 Å². The summed E-state index contributed by atoms with van der Waals surface area (Å²) in [6, 6.07) is 6.10. The SMILES string of the molecule is O=S(=O)(Nc1cc(C(F)(F)F)ccc1Cn1nnc(-c2ccc(Cl)s2)n1)C1C=CCC(Cl)C1Cl. The van der Waals surface area contributed by atoms with Crippen LogP contribution in [-0.4, -0.2) is 44.6 Å². The number of tetrazole rings is 1. The van der Waals surface area contributed by atoms with Crippen LogP contribution in [0.4, 0.5) is 18.9 Å². The van der Waals surface area contributed by atoms with Gasteiger partial charge in [0.1, 0.15) is 5.25 Å². The Labute approximate surface area is 211 Å². The van der Waals surface area contributed by atoms with Crippen LogP contribution in [0.5, 0.6) is 0 Å². The van der Waals surface area contributed by atoms with Crippen molar-refractivity contribution in [3.05, 3.63) is 57.9 Å². The standard InChI is InChI=1S/C19H15Cl3F3N5O2S2/c20-12-2-1-3-15(17(12)22)34(31,32)28-13-8-11(19(23,24)25)5-4-10(13)9-30-27-18(26-29-30)14-6-7-16(21)33-14/h1,3-8,12,15,17,28H,2,9H2. The molecule has 0 bridgehead atoms. The summed E-state index contributed by atoms with van der Waals surface area (Å²) in [6.07, 6.45) is -1.35. The molecular weight excluding hydrogens is 558 g/mol. The number of rotatable bonds is 6. The molecule has 3 atom stereocenters. The molecule has 34 heavy (non-hydrogen) atoms. The van der Waals surface area contributed by atoms with Crippen LogP contribution in [0.25, 0.3) is 10.7 Å². The lowest BCUT2D eigenvalue weighted by Gasteiger charge is -2.27. The zero-order chi connectivity index (χ0) is 24.7. The Morgan fingerprint density at radius 3 is 2.65 bits per heavy atom. The second-order valence-electron chi connectivity index (χ2n) is 7.35. The van der Waals surface area contributed by atoms with Gasteiger partial charge in [-0.25, -0.2) is 8.42 Å². The van der Waals surface area contributed by atoms with Crippen molar-refractivity contribution in [1.29, 1.82) is 0 Å². The van der Waals surface area contributed by atoms with Crippen molar-refractivity contribution < 1.29 is 21.6 Å². The maximum Gasteiger partial charge on any atom is 0.416 e. The molecule has 0 fully saturated rings. The lowest BCUT2D eigenvalue weighted by molar-refractivity contribution is -0.137. The number of anilines is 1. The van der Waals surface area contributed by atoms with Crippen molar-refractivity contribution >= 4 is 61.9 Å². The third-order valence-corrected chi connectivity index (χ3v) is 9.15. The van der Waals surface area contributed by atoms with E-state index in [0.717, 1.165) is 23.0 Å². The fraction of sp³-hybridized carbons (Fsp3) is 0.316. The lowest BCUT2D eigenvalue weighted by Crippen LogP contribution is -2.40. The number of nitrogens with zero attached hydrogens (tertiary/aromatic N) is 4. The molecule has 0 aliphatic heterocycles. The van der Waals surface area contributed by atoms with Gasteiger partial charge in [-0.3, -0.25) is 4.72 Å². The molecule has 1 aliphatic rings. The smallest absolute Gasteiger partial charge is 0.283 e. The molecule has 7 nitrogen and oxygen atoms in total. The number of aromatic nitrogens is 4. The molecule has 0 saturated carbocycles. The molecule has 3 unspecified atom stereocenters. The summed E-state index contributed by atoms with van der Waals surface area (Å²) < 4.78 is 68.9. The Hall–Kier alpha value is -1.86. The summed E-state index contributed by atoms with van der Waals surface area (Å²) in [4.78, 5) is 1.79. The number of allylic oxidation sites excluding steroid dienone is 1. The Morgan fingerprint density at radius 1 is 1.21 bits per heavy atom. The van der Waals surface area contributed by atoms with Crippen molar-refractivity contribution in [3.8, 4) is 10.7 Å². The zero-order valence-corrected chi connectivity index (χ0v) is 20.8. The second kappa shape index (κ2) is 9.65. The van der Waals surface area contributed by atoms with Crippen molar-refractivity contribution in [2.24, 2.45) is 0 Å². The molecule has 0 saturated heterocycles. The first-order valence-corrected chi connectivity index (χ1v) is 13.3. The van der Waals surface area contributed by atoms with Gasteiger partial charge in [0.15, 0.2) is 0 Å². The van der Waals surface area contributed by atoms with E-state index < -0.39 is 37.8 Å². The van der Waals surface area contributed by atoms with Crippen LogP contribution >= 0.6 is 46.1 Å². The number of thiophene rings is 1. The van der Waals surface area contributed by atoms with E-state index in [1.54, 1.807) is 18.2 Å². The summed E-state index contributed by atoms with van der Waals surface area (Å²) in [5.41, 5.74) is -1.11. The van der Waals surface area contributed by atoms with Gasteiger partial charge in [0.05, 0.1) is 37.8 Å². The first-order chi connectivity index (χ1) is 15.9. The van der Waals surface area contributed by atoms with E-state index in [9.17, 15) is 21.6 Å². The van der Waals surface area contributed by atoms with Gasteiger partial charge in [-0.1, -0.05) is 29.8 Å². The maximum absolute atomic E-state index is 13.3. The third-order valence-electron chi connectivity index (χ3n) is 4.95. The van der Waals surface area contributed by atoms with Gasteiger partial charge in [0, 0.05) is 0 Å². The van der Waals surface area contributed by atoms with Crippen LogP contribution in [0.1, 0.15) is 17.5 Å². The first-order valence-electron chi connectivity index (χ1n) is 9.64. The third kappa shape index (κ3) is 5.51. The van der Waals surface area contributed by atoms with Crippen LogP contribution in [0.3, 0.4) is 0 Å². The molecule has 0 radical (unpaired) electrons. The van der Waals surface area contributed by atoms with E-state index in [4.69, 9.17) is 34.8 Å². The second-order valence-corrected chi connectivity index (χ2v) is 12.0. The number of alkyl halides is 5. The van der Waals surface area contributed by atoms with Gasteiger partial charge in [-0.15, -0.1) is 44.7 Å². The molecular formula is C19H15Cl3F3N5O2S2. The topological polar surface area (TPSA) is 89.8 Å². The molecule has 1 aromatic carbocycles. The van der Waals surface area contributed by atoms with Gasteiger partial charge in [-0.2, -0.15) is 18.0 Å². The number of hydrogen-bond acceptors (Lipinski definition) is 6. The molecule has 0 spiro atoms. The monoisotopic (exact) mass is 571 g/mol. The molecule has 2 aromatic heterocycles. The van der Waals surface area contributed by atoms with Crippen molar-refractivity contribution in [2.45, 2.75) is 35.1 Å². The zero-order valence-electron chi connectivity index (χ0n) is 16.9. The predicted octanol–water partition coefficient (Wildman–Crippen LogP) is 5.41. The number of hydrogen-bond donors (Lipinski definition) is 1. The van der Waals surface area contributed by atoms with Gasteiger partial charge in [-0.05, 0) is 41.5 Å². The molecule has 1 aliphatic carbocycles. The highest BCUT2D eigenvalue weighted by atomic mass is 35.5. The average molecular weight is 573 g/mol. The van der Waals surface area contributed by atoms with E-state index in [-0.39, 0.29) is 23.6 Å². The maximum atomic E-state index is 13.3. The van der Waals surface area contributed by atoms with E-state index in [1.807, 2.05) is 0 Å². The van der Waals surface area contributed by atoms with E-state index in [0.29, 0.717) is 15.6 Å². The lowest BCUT2D eigenvalue weighted by atomic mass is 10.1. The van der Waals surface area contributed by atoms with Crippen LogP contribution in [-0.2, 0) is 22.7 Å². The van der Waals surface area contributed by atoms with Crippen LogP contribution in [0, 0.1) is 0 Å². The van der Waals surface area contributed by atoms with Crippen LogP contribution in [0.2, 0.25) is 4.34 Å². The van der Waals surface area contributed by atoms with Gasteiger partial charge >= 0.3 is 6.18 Å². The van der Waals surface area contributed by atoms with E-state index >= 15 is 0 Å². The summed E-state index contributed by atoms with van der Waals surface area (Å²) in [7, 11) is -4.23. The van der Waals surface area contributed by atoms with Crippen molar-refractivity contribution in [3.63, 3.8) is 0 Å². The highest BCUT2D eigenvalue weighted by Crippen LogP contribution is 2.35. The van der Waals surface area contributed by atoms with Crippen LogP contribution in [0.15, 0.2) is 42.5 Å². The summed E-state index contributed by atoms with van der Waals surface area (Å²) >= 11 is 19.4. The number of nitrogens with one attached hydrogen (secondary N) is 1. The predicted molar refractivity (Wildman–Crippen MR) is 126 cm³/mol. The highest BCUT2D eigenvalue weighted by Gasteiger charge is 2.38. The summed E-state index contributed by atoms with van der Waals surface area (Å²) in [6.45, 7) is -0.148. The highest BCUT2D eigenvalue weighted by molar-refractivity contribution is 7.93. The normalized spacial score (nSPS) is 21.1. The molecule has 15 heteroatoms. The van der Waals surface area contributed by atoms with Gasteiger partial charge in [0.25, 0.3) is 0 Å². The molecule has 4 rings (SSSR count). The number of halogens is 6. The largest absolute Gasteiger partial charge is 0.416 e. The Kier molecular flexibility index (Phi) is 7.16. The quantitative estimate of drug-likeness (QED) is 0.315. The fourth-order valence-corrected chi connectivity index (χ4v) is 6.65. The van der Waals surface area contributed by atoms with E-state index in [1.165, 1.54) is 17.4 Å². The van der Waals surface area contributed by atoms with Crippen LogP contribution < -0.4 is 4.72 Å². The molecule has 0 amide bonds. The Bertz CT molecular complexity index is 1330. The first kappa shape index (κ1) is 25.2. The van der Waals surface area contributed by atoms with Crippen molar-refractivity contribution in [2.75, 3.05) is 4.72 Å². The molecule has 1 N–H and O–H groups in total. The molecule has 2 heterocycles. The minimum Gasteiger partial charge on any atom is -0.283 e. The Morgan fingerprint density at radius 2 is 1.97 bits per heavy atom. The minimum absolute atomic E-state index is 0.148. The Balaban J connectivity index is 1.66. The minimum atomic E-state index is -4.68. The van der Waals surface area contributed by atoms with Crippen molar-refractivity contribution in [1.82, 2.24) is 20.2 Å². The number of benzene rings is 1. The average Bonchev–Trinajstić information content (AvgIpc) is 3.39. The number of sulfonamides is 1. The van der Waals surface area contributed by atoms with E-state index in [2.05, 4.69) is 20.1 Å².